The van der Waals surface area contributed by atoms with Crippen molar-refractivity contribution in [3.8, 4) is 11.6 Å². The van der Waals surface area contributed by atoms with Crippen LogP contribution in [0.1, 0.15) is 19.7 Å². The Morgan fingerprint density at radius 3 is 2.60 bits per heavy atom. The Hall–Kier alpha value is -1.14. The van der Waals surface area contributed by atoms with E-state index in [-0.39, 0.29) is 0 Å². The minimum absolute atomic E-state index is 0.380. The van der Waals surface area contributed by atoms with Crippen molar-refractivity contribution in [2.75, 3.05) is 0 Å². The molecule has 0 unspecified atom stereocenters. The minimum Gasteiger partial charge on any atom is -0.446 e. The Morgan fingerprint density at radius 2 is 2.13 bits per heavy atom. The predicted molar refractivity (Wildman–Crippen MR) is 56.9 cm³/mol. The molecule has 0 atom stereocenters. The van der Waals surface area contributed by atoms with Crippen molar-refractivity contribution in [3.05, 3.63) is 22.7 Å². The first-order valence-electron chi connectivity index (χ1n) is 4.35. The molecular weight excluding hydrogens is 262 g/mol. The minimum atomic E-state index is -0.644. The number of hydrogen-bond acceptors (Lipinski definition) is 5. The largest absolute Gasteiger partial charge is 0.446 e. The Bertz CT molecular complexity index is 470. The average molecular weight is 272 g/mol. The molecule has 0 aliphatic rings. The molecule has 5 nitrogen and oxygen atoms in total. The smallest absolute Gasteiger partial charge is 0.246 e. The van der Waals surface area contributed by atoms with E-state index in [1.54, 1.807) is 26.0 Å². The maximum atomic E-state index is 5.82. The highest BCUT2D eigenvalue weighted by molar-refractivity contribution is 9.10. The first-order chi connectivity index (χ1) is 6.97. The first-order valence-corrected chi connectivity index (χ1v) is 5.15. The highest BCUT2D eigenvalue weighted by Gasteiger charge is 2.23. The van der Waals surface area contributed by atoms with Crippen LogP contribution in [0.5, 0.6) is 0 Å². The lowest BCUT2D eigenvalue weighted by atomic mass is 10.1. The highest BCUT2D eigenvalue weighted by atomic mass is 79.9. The number of furan rings is 1. The van der Waals surface area contributed by atoms with Gasteiger partial charge in [0.25, 0.3) is 0 Å². The van der Waals surface area contributed by atoms with Crippen LogP contribution >= 0.6 is 15.9 Å². The molecule has 2 rings (SSSR count). The van der Waals surface area contributed by atoms with Gasteiger partial charge >= 0.3 is 0 Å². The Labute approximate surface area is 94.8 Å². The summed E-state index contributed by atoms with van der Waals surface area (Å²) in [6, 6.07) is 3.52. The summed E-state index contributed by atoms with van der Waals surface area (Å²) in [5.74, 6) is 1.32. The summed E-state index contributed by atoms with van der Waals surface area (Å²) in [6.45, 7) is 3.59. The molecule has 0 radical (unpaired) electrons. The molecule has 0 aliphatic carbocycles. The Morgan fingerprint density at radius 1 is 1.40 bits per heavy atom. The molecule has 0 aromatic carbocycles. The van der Waals surface area contributed by atoms with Gasteiger partial charge in [-0.1, -0.05) is 5.16 Å². The first kappa shape index (κ1) is 10.4. The third kappa shape index (κ3) is 2.10. The number of nitrogens with two attached hydrogens (primary N) is 1. The summed E-state index contributed by atoms with van der Waals surface area (Å²) < 4.78 is 10.9. The average Bonchev–Trinajstić information content (AvgIpc) is 2.69. The van der Waals surface area contributed by atoms with Crippen molar-refractivity contribution in [1.29, 1.82) is 0 Å². The molecule has 0 aliphatic heterocycles. The monoisotopic (exact) mass is 271 g/mol. The maximum absolute atomic E-state index is 5.82. The van der Waals surface area contributed by atoms with Crippen LogP contribution < -0.4 is 5.73 Å². The van der Waals surface area contributed by atoms with Crippen molar-refractivity contribution in [1.82, 2.24) is 10.1 Å². The van der Waals surface area contributed by atoms with Gasteiger partial charge in [0.05, 0.1) is 5.54 Å². The molecule has 0 amide bonds. The van der Waals surface area contributed by atoms with Gasteiger partial charge in [-0.2, -0.15) is 4.98 Å². The quantitative estimate of drug-likeness (QED) is 0.907. The fourth-order valence-corrected chi connectivity index (χ4v) is 1.33. The van der Waals surface area contributed by atoms with Gasteiger partial charge < -0.3 is 14.7 Å². The zero-order chi connectivity index (χ0) is 11.1. The fourth-order valence-electron chi connectivity index (χ4n) is 1.02. The van der Waals surface area contributed by atoms with Gasteiger partial charge in [-0.25, -0.2) is 0 Å². The summed E-state index contributed by atoms with van der Waals surface area (Å²) in [5, 5.41) is 3.79. The van der Waals surface area contributed by atoms with Crippen molar-refractivity contribution in [2.24, 2.45) is 5.73 Å². The number of nitrogens with zero attached hydrogens (tertiary/aromatic N) is 2. The van der Waals surface area contributed by atoms with E-state index in [1.165, 1.54) is 0 Å². The lowest BCUT2D eigenvalue weighted by molar-refractivity contribution is 0.312. The van der Waals surface area contributed by atoms with Crippen molar-refractivity contribution in [2.45, 2.75) is 19.4 Å². The number of hydrogen-bond donors (Lipinski definition) is 1. The third-order valence-corrected chi connectivity index (χ3v) is 2.20. The van der Waals surface area contributed by atoms with Gasteiger partial charge in [-0.15, -0.1) is 0 Å². The number of rotatable bonds is 2. The van der Waals surface area contributed by atoms with E-state index in [4.69, 9.17) is 14.7 Å². The Kier molecular flexibility index (Phi) is 2.40. The summed E-state index contributed by atoms with van der Waals surface area (Å²) in [6.07, 6.45) is 0. The SMILES string of the molecule is CC(C)(N)c1nc(-c2ccc(Br)o2)no1. The van der Waals surface area contributed by atoms with Crippen LogP contribution in [0.15, 0.2) is 25.7 Å². The molecule has 15 heavy (non-hydrogen) atoms. The second kappa shape index (κ2) is 3.46. The van der Waals surface area contributed by atoms with Crippen LogP contribution in [-0.2, 0) is 5.54 Å². The molecule has 80 valence electrons. The van der Waals surface area contributed by atoms with Crippen LogP contribution in [0.2, 0.25) is 0 Å². The number of halogens is 1. The second-order valence-corrected chi connectivity index (χ2v) is 4.53. The molecule has 2 aromatic heterocycles. The fraction of sp³-hybridized carbons (Fsp3) is 0.333. The normalized spacial score (nSPS) is 12.0. The zero-order valence-electron chi connectivity index (χ0n) is 8.32. The van der Waals surface area contributed by atoms with E-state index in [2.05, 4.69) is 26.1 Å². The van der Waals surface area contributed by atoms with E-state index in [1.807, 2.05) is 0 Å². The second-order valence-electron chi connectivity index (χ2n) is 3.75. The Balaban J connectivity index is 2.36. The molecule has 6 heteroatoms. The lowest BCUT2D eigenvalue weighted by Gasteiger charge is -2.10. The molecule has 2 heterocycles. The highest BCUT2D eigenvalue weighted by Crippen LogP contribution is 2.24. The molecule has 2 N–H and O–H groups in total. The summed E-state index contributed by atoms with van der Waals surface area (Å²) in [5.41, 5.74) is 5.17. The van der Waals surface area contributed by atoms with E-state index in [9.17, 15) is 0 Å². The number of aromatic nitrogens is 2. The summed E-state index contributed by atoms with van der Waals surface area (Å²) >= 11 is 3.20. The molecule has 0 saturated heterocycles. The van der Waals surface area contributed by atoms with Gasteiger partial charge in [0, 0.05) is 0 Å². The summed E-state index contributed by atoms with van der Waals surface area (Å²) in [7, 11) is 0. The van der Waals surface area contributed by atoms with Crippen LogP contribution in [0, 0.1) is 0 Å². The van der Waals surface area contributed by atoms with Crippen LogP contribution in [0.4, 0.5) is 0 Å². The zero-order valence-corrected chi connectivity index (χ0v) is 9.91. The topological polar surface area (TPSA) is 78.1 Å². The molecule has 0 spiro atoms. The van der Waals surface area contributed by atoms with Gasteiger partial charge in [0.2, 0.25) is 11.7 Å². The maximum Gasteiger partial charge on any atom is 0.246 e. The van der Waals surface area contributed by atoms with Crippen LogP contribution in [-0.4, -0.2) is 10.1 Å². The predicted octanol–water partition coefficient (Wildman–Crippen LogP) is 2.29. The molecule has 0 bridgehead atoms. The molecular formula is C9H10BrN3O2. The molecule has 0 saturated carbocycles. The van der Waals surface area contributed by atoms with Gasteiger partial charge in [0.15, 0.2) is 10.4 Å². The van der Waals surface area contributed by atoms with Gasteiger partial charge in [-0.05, 0) is 41.9 Å². The van der Waals surface area contributed by atoms with Crippen molar-refractivity contribution < 1.29 is 8.94 Å². The van der Waals surface area contributed by atoms with E-state index >= 15 is 0 Å². The van der Waals surface area contributed by atoms with E-state index < -0.39 is 5.54 Å². The van der Waals surface area contributed by atoms with Gasteiger partial charge in [-0.3, -0.25) is 0 Å². The van der Waals surface area contributed by atoms with Crippen molar-refractivity contribution in [3.63, 3.8) is 0 Å². The van der Waals surface area contributed by atoms with E-state index in [0.29, 0.717) is 22.1 Å². The van der Waals surface area contributed by atoms with Crippen LogP contribution in [0.25, 0.3) is 11.6 Å². The molecule has 2 aromatic rings. The standard InChI is InChI=1S/C9H10BrN3O2/c1-9(2,11)8-12-7(13-15-8)5-3-4-6(10)14-5/h3-4H,11H2,1-2H3. The third-order valence-electron chi connectivity index (χ3n) is 1.77. The van der Waals surface area contributed by atoms with Crippen molar-refractivity contribution >= 4 is 15.9 Å². The van der Waals surface area contributed by atoms with E-state index in [0.717, 1.165) is 0 Å². The van der Waals surface area contributed by atoms with Crippen LogP contribution in [0.3, 0.4) is 0 Å². The summed E-state index contributed by atoms with van der Waals surface area (Å²) in [4.78, 5) is 4.15. The lowest BCUT2D eigenvalue weighted by Crippen LogP contribution is -2.28. The molecule has 0 fully saturated rings. The van der Waals surface area contributed by atoms with Gasteiger partial charge in [0.1, 0.15) is 0 Å².